The van der Waals surface area contributed by atoms with Gasteiger partial charge in [-0.3, -0.25) is 4.21 Å². The van der Waals surface area contributed by atoms with E-state index in [2.05, 4.69) is 0 Å². The van der Waals surface area contributed by atoms with E-state index in [-0.39, 0.29) is 29.6 Å². The van der Waals surface area contributed by atoms with E-state index >= 15 is 0 Å². The van der Waals surface area contributed by atoms with Crippen LogP contribution in [-0.2, 0) is 30.4 Å². The molecule has 2 rings (SSSR count). The van der Waals surface area contributed by atoms with E-state index in [1.54, 1.807) is 26.0 Å². The molecule has 1 N–H and O–H groups in total. The number of methoxy groups -OCH3 is 1. The summed E-state index contributed by atoms with van der Waals surface area (Å²) in [7, 11) is -3.51. The number of rotatable bonds is 7. The van der Waals surface area contributed by atoms with Crippen molar-refractivity contribution in [2.45, 2.75) is 24.8 Å². The Morgan fingerprint density at radius 2 is 1.96 bits per heavy atom. The first kappa shape index (κ1) is 20.8. The highest BCUT2D eigenvalue weighted by Gasteiger charge is 2.37. The Kier molecular flexibility index (Phi) is 6.78. The van der Waals surface area contributed by atoms with Gasteiger partial charge in [0.1, 0.15) is 12.4 Å². The Hall–Kier alpha value is -1.49. The number of aliphatic carboxylic acids is 1. The molecule has 8 nitrogen and oxygen atoms in total. The average Bonchev–Trinajstić information content (AvgIpc) is 2.53. The second-order valence-corrected chi connectivity index (χ2v) is 9.53. The molecule has 0 radical (unpaired) electrons. The molecule has 146 valence electrons. The fourth-order valence-electron chi connectivity index (χ4n) is 3.04. The van der Waals surface area contributed by atoms with Crippen LogP contribution in [0.5, 0.6) is 5.75 Å². The van der Waals surface area contributed by atoms with Crippen LogP contribution in [0.15, 0.2) is 17.0 Å². The molecule has 0 saturated carbocycles. The number of carbonyl (C=O) groups is 1. The molecule has 2 atom stereocenters. The summed E-state index contributed by atoms with van der Waals surface area (Å²) in [6.07, 6.45) is 0. The molecule has 1 saturated heterocycles. The first-order valence-corrected chi connectivity index (χ1v) is 10.9. The summed E-state index contributed by atoms with van der Waals surface area (Å²) in [4.78, 5) is 10.8. The molecule has 1 aromatic carbocycles. The number of aryl methyl sites for hydroxylation is 2. The minimum absolute atomic E-state index is 0.0982. The standard InChI is InChI=1S/C16H23NO7S2/c1-11-6-14(23-3)7-12(2)16(11)26(21,22)17-4-5-25(20)10-13(17)8-24-9-15(18)19/h6-7,13H,4-5,8-10H2,1-3H3,(H,18,19). The zero-order valence-corrected chi connectivity index (χ0v) is 16.6. The van der Waals surface area contributed by atoms with Gasteiger partial charge in [-0.15, -0.1) is 0 Å². The first-order chi connectivity index (χ1) is 12.2. The third kappa shape index (κ3) is 4.61. The van der Waals surface area contributed by atoms with Crippen molar-refractivity contribution < 1.29 is 32.0 Å². The van der Waals surface area contributed by atoms with Crippen LogP contribution in [0.2, 0.25) is 0 Å². The zero-order chi connectivity index (χ0) is 19.5. The van der Waals surface area contributed by atoms with Crippen LogP contribution in [0, 0.1) is 13.8 Å². The molecule has 1 aliphatic rings. The lowest BCUT2D eigenvalue weighted by Crippen LogP contribution is -2.51. The Balaban J connectivity index is 2.35. The highest BCUT2D eigenvalue weighted by molar-refractivity contribution is 7.89. The summed E-state index contributed by atoms with van der Waals surface area (Å²) in [6, 6.07) is 2.63. The molecule has 1 fully saturated rings. The van der Waals surface area contributed by atoms with Gasteiger partial charge in [-0.1, -0.05) is 0 Å². The van der Waals surface area contributed by atoms with Crippen molar-refractivity contribution in [1.82, 2.24) is 4.31 Å². The van der Waals surface area contributed by atoms with E-state index in [0.29, 0.717) is 16.9 Å². The van der Waals surface area contributed by atoms with Crippen LogP contribution in [0.4, 0.5) is 0 Å². The second-order valence-electron chi connectivity index (χ2n) is 6.08. The van der Waals surface area contributed by atoms with Crippen molar-refractivity contribution >= 4 is 26.8 Å². The van der Waals surface area contributed by atoms with Crippen LogP contribution >= 0.6 is 0 Å². The van der Waals surface area contributed by atoms with Gasteiger partial charge in [0.2, 0.25) is 10.0 Å². The van der Waals surface area contributed by atoms with Crippen molar-refractivity contribution in [3.63, 3.8) is 0 Å². The summed E-state index contributed by atoms with van der Waals surface area (Å²) in [5.41, 5.74) is 1.11. The van der Waals surface area contributed by atoms with Crippen LogP contribution in [0.1, 0.15) is 11.1 Å². The van der Waals surface area contributed by atoms with Crippen LogP contribution in [0.3, 0.4) is 0 Å². The van der Waals surface area contributed by atoms with Gasteiger partial charge < -0.3 is 14.6 Å². The minimum Gasteiger partial charge on any atom is -0.497 e. The number of nitrogens with zero attached hydrogens (tertiary/aromatic N) is 1. The third-order valence-electron chi connectivity index (χ3n) is 4.10. The van der Waals surface area contributed by atoms with E-state index in [1.807, 2.05) is 0 Å². The van der Waals surface area contributed by atoms with E-state index in [9.17, 15) is 17.4 Å². The number of hydrogen-bond donors (Lipinski definition) is 1. The Morgan fingerprint density at radius 3 is 2.50 bits per heavy atom. The molecule has 1 aromatic rings. The lowest BCUT2D eigenvalue weighted by molar-refractivity contribution is -0.142. The summed E-state index contributed by atoms with van der Waals surface area (Å²) in [5, 5.41) is 8.69. The van der Waals surface area contributed by atoms with Gasteiger partial charge in [0.15, 0.2) is 0 Å². The highest BCUT2D eigenvalue weighted by Crippen LogP contribution is 2.30. The van der Waals surface area contributed by atoms with Crippen LogP contribution in [0.25, 0.3) is 0 Å². The largest absolute Gasteiger partial charge is 0.497 e. The van der Waals surface area contributed by atoms with Crippen molar-refractivity contribution in [2.75, 3.05) is 38.4 Å². The zero-order valence-electron chi connectivity index (χ0n) is 14.9. The van der Waals surface area contributed by atoms with Gasteiger partial charge in [0.05, 0.1) is 24.7 Å². The molecule has 0 aliphatic carbocycles. The van der Waals surface area contributed by atoms with Gasteiger partial charge in [0, 0.05) is 28.9 Å². The molecule has 26 heavy (non-hydrogen) atoms. The molecule has 1 heterocycles. The monoisotopic (exact) mass is 405 g/mol. The van der Waals surface area contributed by atoms with Crippen molar-refractivity contribution in [3.8, 4) is 5.75 Å². The quantitative estimate of drug-likeness (QED) is 0.705. The number of hydrogen-bond acceptors (Lipinski definition) is 6. The molecule has 0 spiro atoms. The number of carboxylic acid groups (broad SMARTS) is 1. The van der Waals surface area contributed by atoms with Crippen molar-refractivity contribution in [3.05, 3.63) is 23.3 Å². The predicted octanol–water partition coefficient (Wildman–Crippen LogP) is 0.535. The van der Waals surface area contributed by atoms with Gasteiger partial charge in [-0.2, -0.15) is 4.31 Å². The number of benzene rings is 1. The van der Waals surface area contributed by atoms with E-state index in [4.69, 9.17) is 14.6 Å². The number of sulfonamides is 1. The molecular formula is C16H23NO7S2. The molecule has 0 bridgehead atoms. The smallest absolute Gasteiger partial charge is 0.329 e. The summed E-state index contributed by atoms with van der Waals surface area (Å²) < 4.78 is 49.9. The molecule has 0 amide bonds. The van der Waals surface area contributed by atoms with Gasteiger partial charge in [-0.25, -0.2) is 13.2 Å². The van der Waals surface area contributed by atoms with Crippen LogP contribution < -0.4 is 4.74 Å². The minimum atomic E-state index is -3.86. The lowest BCUT2D eigenvalue weighted by atomic mass is 10.1. The Bertz CT molecular complexity index is 784. The van der Waals surface area contributed by atoms with Crippen molar-refractivity contribution in [1.29, 1.82) is 0 Å². The van der Waals surface area contributed by atoms with E-state index in [1.165, 1.54) is 11.4 Å². The normalized spacial score (nSPS) is 21.5. The average molecular weight is 405 g/mol. The molecule has 2 unspecified atom stereocenters. The first-order valence-electron chi connectivity index (χ1n) is 7.98. The van der Waals surface area contributed by atoms with Gasteiger partial charge >= 0.3 is 5.97 Å². The fraction of sp³-hybridized carbons (Fsp3) is 0.562. The van der Waals surface area contributed by atoms with E-state index in [0.717, 1.165) is 0 Å². The Labute approximate surface area is 155 Å². The lowest BCUT2D eigenvalue weighted by Gasteiger charge is -2.34. The van der Waals surface area contributed by atoms with Gasteiger partial charge in [0.25, 0.3) is 0 Å². The van der Waals surface area contributed by atoms with Crippen molar-refractivity contribution in [2.24, 2.45) is 0 Å². The molecule has 10 heteroatoms. The third-order valence-corrected chi connectivity index (χ3v) is 7.75. The van der Waals surface area contributed by atoms with E-state index < -0.39 is 39.4 Å². The second kappa shape index (κ2) is 8.47. The van der Waals surface area contributed by atoms with Crippen LogP contribution in [-0.4, -0.2) is 72.4 Å². The summed E-state index contributed by atoms with van der Waals surface area (Å²) in [5.74, 6) is -0.214. The number of ether oxygens (including phenoxy) is 2. The topological polar surface area (TPSA) is 110 Å². The van der Waals surface area contributed by atoms with Gasteiger partial charge in [-0.05, 0) is 37.1 Å². The summed E-state index contributed by atoms with van der Waals surface area (Å²) >= 11 is 0. The maximum absolute atomic E-state index is 13.3. The molecule has 1 aliphatic heterocycles. The maximum atomic E-state index is 13.3. The molecule has 0 aromatic heterocycles. The fourth-order valence-corrected chi connectivity index (χ4v) is 6.55. The Morgan fingerprint density at radius 1 is 1.35 bits per heavy atom. The number of carboxylic acids is 1. The highest BCUT2D eigenvalue weighted by atomic mass is 32.2. The predicted molar refractivity (Wildman–Crippen MR) is 96.5 cm³/mol. The molecular weight excluding hydrogens is 382 g/mol. The SMILES string of the molecule is COc1cc(C)c(S(=O)(=O)N2CCS(=O)CC2COCC(=O)O)c(C)c1. The summed E-state index contributed by atoms with van der Waals surface area (Å²) in [6.45, 7) is 2.84. The maximum Gasteiger partial charge on any atom is 0.329 e.